The topological polar surface area (TPSA) is 38.9 Å². The summed E-state index contributed by atoms with van der Waals surface area (Å²) in [6, 6.07) is 10.4. The van der Waals surface area contributed by atoms with E-state index in [0.29, 0.717) is 0 Å². The van der Waals surface area contributed by atoms with Gasteiger partial charge in [0.25, 0.3) is 0 Å². The zero-order valence-electron chi connectivity index (χ0n) is 10.1. The minimum atomic E-state index is 0.0152. The third-order valence-corrected chi connectivity index (χ3v) is 4.16. The maximum Gasteiger partial charge on any atom is 0.0405 e. The Kier molecular flexibility index (Phi) is 4.80. The van der Waals surface area contributed by atoms with Gasteiger partial charge in [0.15, 0.2) is 0 Å². The van der Waals surface area contributed by atoms with Gasteiger partial charge in [0, 0.05) is 33.6 Å². The molecule has 2 N–H and O–H groups in total. The summed E-state index contributed by atoms with van der Waals surface area (Å²) in [5.41, 5.74) is 8.42. The Hall–Kier alpha value is -0.840. The van der Waals surface area contributed by atoms with Crippen molar-refractivity contribution in [3.05, 3.63) is 58.3 Å². The number of aryl methyl sites for hydroxylation is 1. The molecule has 0 aliphatic rings. The number of pyridine rings is 1. The van der Waals surface area contributed by atoms with E-state index in [2.05, 4.69) is 39.1 Å². The predicted molar refractivity (Wildman–Crippen MR) is 80.8 cm³/mol. The van der Waals surface area contributed by atoms with Crippen LogP contribution in [0.4, 0.5) is 0 Å². The Morgan fingerprint density at radius 3 is 2.89 bits per heavy atom. The number of nitrogens with zero attached hydrogens (tertiary/aromatic N) is 1. The van der Waals surface area contributed by atoms with E-state index in [0.717, 1.165) is 21.4 Å². The summed E-state index contributed by atoms with van der Waals surface area (Å²) < 4.78 is 1.10. The van der Waals surface area contributed by atoms with Crippen molar-refractivity contribution in [3.63, 3.8) is 0 Å². The molecule has 0 amide bonds. The molecule has 1 atom stereocenters. The van der Waals surface area contributed by atoms with Gasteiger partial charge in [-0.2, -0.15) is 0 Å². The molecule has 1 heterocycles. The summed E-state index contributed by atoms with van der Waals surface area (Å²) in [6.07, 6.45) is 3.69. The number of halogens is 1. The predicted octanol–water partition coefficient (Wildman–Crippen LogP) is 3.94. The van der Waals surface area contributed by atoms with Crippen LogP contribution in [0.25, 0.3) is 0 Å². The number of benzene rings is 1. The van der Waals surface area contributed by atoms with Crippen molar-refractivity contribution in [1.29, 1.82) is 0 Å². The standard InChI is InChI=1S/C14H15BrN2S/c1-10-5-11(8-17-7-10)14(16)9-18-13-4-2-3-12(15)6-13/h2-8,14H,9,16H2,1H3. The van der Waals surface area contributed by atoms with Crippen molar-refractivity contribution in [3.8, 4) is 0 Å². The Morgan fingerprint density at radius 1 is 1.33 bits per heavy atom. The first-order valence-electron chi connectivity index (χ1n) is 5.70. The van der Waals surface area contributed by atoms with E-state index < -0.39 is 0 Å². The first-order valence-corrected chi connectivity index (χ1v) is 7.48. The third-order valence-electron chi connectivity index (χ3n) is 2.55. The average Bonchev–Trinajstić information content (AvgIpc) is 2.36. The molecule has 0 saturated carbocycles. The minimum absolute atomic E-state index is 0.0152. The summed E-state index contributed by atoms with van der Waals surface area (Å²) in [6.45, 7) is 2.03. The van der Waals surface area contributed by atoms with Crippen molar-refractivity contribution in [1.82, 2.24) is 4.98 Å². The van der Waals surface area contributed by atoms with E-state index in [1.54, 1.807) is 11.8 Å². The van der Waals surface area contributed by atoms with Crippen LogP contribution in [0.5, 0.6) is 0 Å². The number of rotatable bonds is 4. The van der Waals surface area contributed by atoms with Gasteiger partial charge >= 0.3 is 0 Å². The van der Waals surface area contributed by atoms with E-state index in [9.17, 15) is 0 Å². The summed E-state index contributed by atoms with van der Waals surface area (Å²) in [5.74, 6) is 0.849. The van der Waals surface area contributed by atoms with Gasteiger partial charge in [-0.15, -0.1) is 11.8 Å². The summed E-state index contributed by atoms with van der Waals surface area (Å²) in [4.78, 5) is 5.40. The van der Waals surface area contributed by atoms with Gasteiger partial charge in [-0.3, -0.25) is 4.98 Å². The molecular weight excluding hydrogens is 308 g/mol. The van der Waals surface area contributed by atoms with Crippen LogP contribution in [-0.4, -0.2) is 10.7 Å². The van der Waals surface area contributed by atoms with Gasteiger partial charge in [-0.25, -0.2) is 0 Å². The second-order valence-corrected chi connectivity index (χ2v) is 6.18. The SMILES string of the molecule is Cc1cncc(C(N)CSc2cccc(Br)c2)c1. The van der Waals surface area contributed by atoms with E-state index >= 15 is 0 Å². The number of aromatic nitrogens is 1. The van der Waals surface area contributed by atoms with Crippen molar-refractivity contribution < 1.29 is 0 Å². The van der Waals surface area contributed by atoms with Gasteiger partial charge in [0.1, 0.15) is 0 Å². The molecule has 2 nitrogen and oxygen atoms in total. The van der Waals surface area contributed by atoms with Crippen molar-refractivity contribution in [2.45, 2.75) is 17.9 Å². The molecule has 0 aliphatic carbocycles. The largest absolute Gasteiger partial charge is 0.323 e. The first-order chi connectivity index (χ1) is 8.65. The van der Waals surface area contributed by atoms with Gasteiger partial charge in [-0.1, -0.05) is 28.1 Å². The molecule has 18 heavy (non-hydrogen) atoms. The van der Waals surface area contributed by atoms with Gasteiger partial charge < -0.3 is 5.73 Å². The highest BCUT2D eigenvalue weighted by Gasteiger charge is 2.07. The smallest absolute Gasteiger partial charge is 0.0405 e. The normalized spacial score (nSPS) is 12.4. The zero-order valence-corrected chi connectivity index (χ0v) is 12.5. The van der Waals surface area contributed by atoms with Gasteiger partial charge in [0.05, 0.1) is 0 Å². The van der Waals surface area contributed by atoms with Crippen LogP contribution in [0.3, 0.4) is 0 Å². The van der Waals surface area contributed by atoms with Crippen LogP contribution in [0.2, 0.25) is 0 Å². The summed E-state index contributed by atoms with van der Waals surface area (Å²) in [5, 5.41) is 0. The number of hydrogen-bond acceptors (Lipinski definition) is 3. The van der Waals surface area contributed by atoms with Gasteiger partial charge in [0.2, 0.25) is 0 Å². The van der Waals surface area contributed by atoms with Crippen LogP contribution in [-0.2, 0) is 0 Å². The second kappa shape index (κ2) is 6.36. The summed E-state index contributed by atoms with van der Waals surface area (Å²) in [7, 11) is 0. The minimum Gasteiger partial charge on any atom is -0.323 e. The van der Waals surface area contributed by atoms with Crippen LogP contribution in [0.1, 0.15) is 17.2 Å². The molecule has 0 saturated heterocycles. The number of thioether (sulfide) groups is 1. The Bertz CT molecular complexity index is 531. The molecule has 0 radical (unpaired) electrons. The lowest BCUT2D eigenvalue weighted by atomic mass is 10.1. The van der Waals surface area contributed by atoms with Crippen LogP contribution < -0.4 is 5.73 Å². The lowest BCUT2D eigenvalue weighted by Crippen LogP contribution is -2.13. The van der Waals surface area contributed by atoms with Crippen molar-refractivity contribution in [2.75, 3.05) is 5.75 Å². The van der Waals surface area contributed by atoms with Crippen molar-refractivity contribution >= 4 is 27.7 Å². The third kappa shape index (κ3) is 3.83. The molecule has 1 aromatic carbocycles. The van der Waals surface area contributed by atoms with E-state index in [1.807, 2.05) is 31.5 Å². The van der Waals surface area contributed by atoms with E-state index in [4.69, 9.17) is 5.73 Å². The highest BCUT2D eigenvalue weighted by atomic mass is 79.9. The highest BCUT2D eigenvalue weighted by molar-refractivity contribution is 9.10. The monoisotopic (exact) mass is 322 g/mol. The quantitative estimate of drug-likeness (QED) is 0.866. The molecular formula is C14H15BrN2S. The second-order valence-electron chi connectivity index (χ2n) is 4.17. The lowest BCUT2D eigenvalue weighted by Gasteiger charge is -2.12. The van der Waals surface area contributed by atoms with Crippen molar-refractivity contribution in [2.24, 2.45) is 5.73 Å². The van der Waals surface area contributed by atoms with Crippen LogP contribution >= 0.6 is 27.7 Å². The lowest BCUT2D eigenvalue weighted by molar-refractivity contribution is 0.822. The maximum atomic E-state index is 6.18. The average molecular weight is 323 g/mol. The Balaban J connectivity index is 1.98. The molecule has 0 spiro atoms. The van der Waals surface area contributed by atoms with Crippen LogP contribution in [0, 0.1) is 6.92 Å². The van der Waals surface area contributed by atoms with E-state index in [1.165, 1.54) is 4.90 Å². The molecule has 1 unspecified atom stereocenters. The molecule has 2 aromatic rings. The fraction of sp³-hybridized carbons (Fsp3) is 0.214. The zero-order chi connectivity index (χ0) is 13.0. The fourth-order valence-electron chi connectivity index (χ4n) is 1.62. The molecule has 94 valence electrons. The highest BCUT2D eigenvalue weighted by Crippen LogP contribution is 2.25. The molecule has 0 fully saturated rings. The fourth-order valence-corrected chi connectivity index (χ4v) is 3.12. The summed E-state index contributed by atoms with van der Waals surface area (Å²) >= 11 is 5.23. The Labute approximate surface area is 120 Å². The molecule has 0 bridgehead atoms. The van der Waals surface area contributed by atoms with E-state index in [-0.39, 0.29) is 6.04 Å². The molecule has 2 rings (SSSR count). The first kappa shape index (κ1) is 13.6. The molecule has 4 heteroatoms. The number of nitrogens with two attached hydrogens (primary N) is 1. The van der Waals surface area contributed by atoms with Crippen LogP contribution in [0.15, 0.2) is 52.1 Å². The maximum absolute atomic E-state index is 6.18. The number of hydrogen-bond donors (Lipinski definition) is 1. The molecule has 1 aromatic heterocycles. The van der Waals surface area contributed by atoms with Gasteiger partial charge in [-0.05, 0) is 36.2 Å². The Morgan fingerprint density at radius 2 is 2.17 bits per heavy atom. The molecule has 0 aliphatic heterocycles.